The number of furan rings is 2. The van der Waals surface area contributed by atoms with Crippen molar-refractivity contribution in [2.75, 3.05) is 0 Å². The van der Waals surface area contributed by atoms with E-state index in [0.717, 1.165) is 39.7 Å². The van der Waals surface area contributed by atoms with Gasteiger partial charge in [-0.1, -0.05) is 133 Å². The molecule has 8 aromatic carbocycles. The highest BCUT2D eigenvalue weighted by Crippen LogP contribution is 2.58. The van der Waals surface area contributed by atoms with Crippen LogP contribution in [0.1, 0.15) is 22.8 Å². The summed E-state index contributed by atoms with van der Waals surface area (Å²) in [6, 6.07) is 57.7. The van der Waals surface area contributed by atoms with Crippen LogP contribution in [0.25, 0.3) is 127 Å². The van der Waals surface area contributed by atoms with Crippen molar-refractivity contribution < 1.29 is 8.83 Å². The molecule has 1 aliphatic heterocycles. The van der Waals surface area contributed by atoms with Crippen molar-refractivity contribution in [1.29, 1.82) is 0 Å². The fourth-order valence-electron chi connectivity index (χ4n) is 11.3. The molecule has 0 bridgehead atoms. The number of nitrogens with zero attached hydrogens (tertiary/aromatic N) is 2. The van der Waals surface area contributed by atoms with Crippen LogP contribution in [0.4, 0.5) is 0 Å². The summed E-state index contributed by atoms with van der Waals surface area (Å²) in [5.41, 5.74) is 17.9. The highest BCUT2D eigenvalue weighted by Gasteiger charge is 2.39. The zero-order chi connectivity index (χ0) is 37.4. The van der Waals surface area contributed by atoms with Crippen molar-refractivity contribution in [2.45, 2.75) is 12.3 Å². The Bertz CT molecular complexity index is 3980. The van der Waals surface area contributed by atoms with Gasteiger partial charge in [-0.15, -0.1) is 0 Å². The summed E-state index contributed by atoms with van der Waals surface area (Å²) < 4.78 is 18.3. The van der Waals surface area contributed by atoms with E-state index in [1.165, 1.54) is 104 Å². The van der Waals surface area contributed by atoms with Crippen LogP contribution in [-0.4, -0.2) is 8.97 Å². The summed E-state index contributed by atoms with van der Waals surface area (Å²) in [6.45, 7) is 0. The zero-order valence-electron chi connectivity index (χ0n) is 31.1. The fraction of sp³-hybridized carbons (Fsp3) is 0.0370. The summed E-state index contributed by atoms with van der Waals surface area (Å²) >= 11 is 0. The molecule has 0 amide bonds. The topological polar surface area (TPSA) is 35.6 Å². The van der Waals surface area contributed by atoms with Gasteiger partial charge in [0.2, 0.25) is 0 Å². The third-order valence-electron chi connectivity index (χ3n) is 13.5. The molecule has 0 saturated carbocycles. The molecule has 1 unspecified atom stereocenters. The SMILES string of the molecule is C1=C2C(Cc3oc4ccccc4c31)c1cccc3c4c(-c5ccccc5)c5c(c(-c6ccccc6)c4n2c13)c1cccc2c3cc4oc6ccccc6c4cc3n5c21. The van der Waals surface area contributed by atoms with Gasteiger partial charge in [-0.2, -0.15) is 0 Å². The molecule has 4 heteroatoms. The van der Waals surface area contributed by atoms with E-state index in [-0.39, 0.29) is 5.92 Å². The first-order valence-electron chi connectivity index (χ1n) is 20.2. The van der Waals surface area contributed by atoms with Gasteiger partial charge in [0.1, 0.15) is 22.5 Å². The molecule has 58 heavy (non-hydrogen) atoms. The summed E-state index contributed by atoms with van der Waals surface area (Å²) in [7, 11) is 0. The second-order valence-corrected chi connectivity index (χ2v) is 16.3. The van der Waals surface area contributed by atoms with Gasteiger partial charge in [-0.3, -0.25) is 0 Å². The molecule has 0 radical (unpaired) electrons. The molecule has 0 fully saturated rings. The van der Waals surface area contributed by atoms with Gasteiger partial charge < -0.3 is 17.8 Å². The lowest BCUT2D eigenvalue weighted by molar-refractivity contribution is 0.535. The van der Waals surface area contributed by atoms with Gasteiger partial charge in [0.05, 0.1) is 27.6 Å². The summed E-state index contributed by atoms with van der Waals surface area (Å²) in [4.78, 5) is 0. The molecule has 1 atom stereocenters. The monoisotopic (exact) mass is 738 g/mol. The van der Waals surface area contributed by atoms with Gasteiger partial charge in [0.15, 0.2) is 0 Å². The minimum absolute atomic E-state index is 0.196. The Labute approximate surface area is 330 Å². The second-order valence-electron chi connectivity index (χ2n) is 16.3. The van der Waals surface area contributed by atoms with Crippen LogP contribution in [0.3, 0.4) is 0 Å². The molecule has 15 rings (SSSR count). The quantitative estimate of drug-likeness (QED) is 0.177. The average Bonchev–Trinajstić information content (AvgIpc) is 4.12. The minimum Gasteiger partial charge on any atom is -0.460 e. The molecule has 2 aliphatic rings. The number of allylic oxidation sites excluding steroid dienone is 1. The Hall–Kier alpha value is -7.56. The molecule has 1 aliphatic carbocycles. The van der Waals surface area contributed by atoms with Crippen molar-refractivity contribution in [1.82, 2.24) is 8.97 Å². The maximum atomic E-state index is 6.57. The maximum Gasteiger partial charge on any atom is 0.136 e. The summed E-state index contributed by atoms with van der Waals surface area (Å²) in [6.07, 6.45) is 3.28. The van der Waals surface area contributed by atoms with Crippen molar-refractivity contribution in [3.05, 3.63) is 175 Å². The average molecular weight is 739 g/mol. The Morgan fingerprint density at radius 3 is 1.86 bits per heavy atom. The van der Waals surface area contributed by atoms with E-state index in [2.05, 4.69) is 173 Å². The van der Waals surface area contributed by atoms with Crippen molar-refractivity contribution in [3.63, 3.8) is 0 Å². The molecule has 0 spiro atoms. The van der Waals surface area contributed by atoms with E-state index >= 15 is 0 Å². The number of rotatable bonds is 2. The summed E-state index contributed by atoms with van der Waals surface area (Å²) in [5, 5.41) is 11.0. The molecule has 4 nitrogen and oxygen atoms in total. The molecule has 5 aromatic heterocycles. The van der Waals surface area contributed by atoms with E-state index in [0.29, 0.717) is 0 Å². The fourth-order valence-corrected chi connectivity index (χ4v) is 11.3. The number of hydrogen-bond acceptors (Lipinski definition) is 2. The molecular formula is C54H30N2O2. The molecule has 268 valence electrons. The number of fused-ring (bicyclic) bond motifs is 18. The van der Waals surface area contributed by atoms with Crippen LogP contribution in [0.5, 0.6) is 0 Å². The number of hydrogen-bond donors (Lipinski definition) is 0. The van der Waals surface area contributed by atoms with Crippen LogP contribution in [0.2, 0.25) is 0 Å². The van der Waals surface area contributed by atoms with Crippen molar-refractivity contribution >= 4 is 105 Å². The molecule has 0 saturated heterocycles. The van der Waals surface area contributed by atoms with E-state index in [4.69, 9.17) is 8.83 Å². The van der Waals surface area contributed by atoms with E-state index in [1.54, 1.807) is 0 Å². The van der Waals surface area contributed by atoms with Crippen LogP contribution in [0.15, 0.2) is 167 Å². The van der Waals surface area contributed by atoms with Crippen LogP contribution in [0, 0.1) is 0 Å². The second kappa shape index (κ2) is 10.2. The summed E-state index contributed by atoms with van der Waals surface area (Å²) in [5.74, 6) is 1.27. The largest absolute Gasteiger partial charge is 0.460 e. The number of aromatic nitrogens is 2. The van der Waals surface area contributed by atoms with Crippen LogP contribution >= 0.6 is 0 Å². The first kappa shape index (κ1) is 29.7. The van der Waals surface area contributed by atoms with Crippen molar-refractivity contribution in [3.8, 4) is 22.3 Å². The molecule has 13 aromatic rings. The van der Waals surface area contributed by atoms with Gasteiger partial charge >= 0.3 is 0 Å². The lowest BCUT2D eigenvalue weighted by Gasteiger charge is -2.22. The van der Waals surface area contributed by atoms with Gasteiger partial charge in [0, 0.05) is 83.2 Å². The maximum absolute atomic E-state index is 6.57. The first-order valence-corrected chi connectivity index (χ1v) is 20.2. The van der Waals surface area contributed by atoms with Gasteiger partial charge in [-0.25, -0.2) is 0 Å². The lowest BCUT2D eigenvalue weighted by atomic mass is 9.85. The zero-order valence-corrected chi connectivity index (χ0v) is 31.1. The van der Waals surface area contributed by atoms with E-state index in [9.17, 15) is 0 Å². The van der Waals surface area contributed by atoms with Gasteiger partial charge in [0.25, 0.3) is 0 Å². The normalized spacial score (nSPS) is 15.1. The smallest absolute Gasteiger partial charge is 0.136 e. The van der Waals surface area contributed by atoms with Crippen LogP contribution < -0.4 is 0 Å². The Morgan fingerprint density at radius 2 is 1.07 bits per heavy atom. The Kier molecular flexibility index (Phi) is 5.24. The van der Waals surface area contributed by atoms with E-state index in [1.807, 2.05) is 0 Å². The standard InChI is InChI=1S/C54H30N2O2/c1-3-13-29(14-4-1)47-49-35-21-11-19-33-38-28-46-40(32-18-8-10-24-44(32)58-46)26-42(38)56(51(33)35)54(49)48(30-15-5-2-6-16-30)50-36-22-12-20-34-37-27-45-39(31-17-7-9-23-43(31)57-45)25-41(37)55(52(34)36)53(47)50/h1-27,38H,28H2. The molecule has 6 heterocycles. The highest BCUT2D eigenvalue weighted by atomic mass is 16.3. The third kappa shape index (κ3) is 3.42. The third-order valence-corrected chi connectivity index (χ3v) is 13.5. The predicted octanol–water partition coefficient (Wildman–Crippen LogP) is 14.6. The number of para-hydroxylation sites is 4. The molecular weight excluding hydrogens is 709 g/mol. The first-order chi connectivity index (χ1) is 28.8. The Balaban J connectivity index is 1.22. The lowest BCUT2D eigenvalue weighted by Crippen LogP contribution is -2.09. The molecule has 0 N–H and O–H groups in total. The van der Waals surface area contributed by atoms with Gasteiger partial charge in [-0.05, 0) is 47.0 Å². The van der Waals surface area contributed by atoms with E-state index < -0.39 is 0 Å². The predicted molar refractivity (Wildman–Crippen MR) is 239 cm³/mol. The highest BCUT2D eigenvalue weighted by molar-refractivity contribution is 6.37. The number of benzene rings is 8. The van der Waals surface area contributed by atoms with Crippen molar-refractivity contribution in [2.24, 2.45) is 0 Å². The minimum atomic E-state index is 0.196. The van der Waals surface area contributed by atoms with Crippen LogP contribution in [-0.2, 0) is 6.42 Å². The Morgan fingerprint density at radius 1 is 0.448 bits per heavy atom.